The summed E-state index contributed by atoms with van der Waals surface area (Å²) in [5.41, 5.74) is 2.18. The average molecular weight is 264 g/mol. The van der Waals surface area contributed by atoms with E-state index in [1.807, 2.05) is 13.1 Å². The summed E-state index contributed by atoms with van der Waals surface area (Å²) in [4.78, 5) is 2.38. The first-order valence-electron chi connectivity index (χ1n) is 6.91. The summed E-state index contributed by atoms with van der Waals surface area (Å²) >= 11 is 0. The van der Waals surface area contributed by atoms with E-state index >= 15 is 0 Å². The van der Waals surface area contributed by atoms with E-state index in [0.717, 1.165) is 31.8 Å². The van der Waals surface area contributed by atoms with Gasteiger partial charge < -0.3 is 15.2 Å². The number of benzene rings is 1. The molecule has 0 spiro atoms. The number of nitrogens with zero attached hydrogens (tertiary/aromatic N) is 1. The zero-order chi connectivity index (χ0) is 13.8. The SMILES string of the molecule is CNCC1CN(C(C)c2cc(C)ccc2O)CCO1. The standard InChI is InChI=1S/C15H24N2O2/c1-11-4-5-15(18)14(8-11)12(2)17-6-7-19-13(10-17)9-16-3/h4-5,8,12-13,16,18H,6-7,9-10H2,1-3H3. The Morgan fingerprint density at radius 1 is 1.53 bits per heavy atom. The van der Waals surface area contributed by atoms with E-state index in [1.54, 1.807) is 6.07 Å². The topological polar surface area (TPSA) is 44.7 Å². The maximum atomic E-state index is 10.0. The van der Waals surface area contributed by atoms with Crippen LogP contribution >= 0.6 is 0 Å². The van der Waals surface area contributed by atoms with Crippen LogP contribution in [0.25, 0.3) is 0 Å². The number of ether oxygens (including phenoxy) is 1. The molecular weight excluding hydrogens is 240 g/mol. The summed E-state index contributed by atoms with van der Waals surface area (Å²) in [6, 6.07) is 6.01. The van der Waals surface area contributed by atoms with Gasteiger partial charge in [-0.15, -0.1) is 0 Å². The molecule has 2 unspecified atom stereocenters. The summed E-state index contributed by atoms with van der Waals surface area (Å²) in [6.07, 6.45) is 0.230. The molecule has 1 aromatic carbocycles. The maximum absolute atomic E-state index is 10.0. The van der Waals surface area contributed by atoms with Crippen LogP contribution in [0, 0.1) is 6.92 Å². The van der Waals surface area contributed by atoms with Gasteiger partial charge in [0.15, 0.2) is 0 Å². The highest BCUT2D eigenvalue weighted by atomic mass is 16.5. The fourth-order valence-electron chi connectivity index (χ4n) is 2.65. The second-order valence-corrected chi connectivity index (χ2v) is 5.28. The van der Waals surface area contributed by atoms with Crippen molar-refractivity contribution in [1.82, 2.24) is 10.2 Å². The van der Waals surface area contributed by atoms with Gasteiger partial charge in [-0.05, 0) is 27.0 Å². The molecular formula is C15H24N2O2. The zero-order valence-corrected chi connectivity index (χ0v) is 12.0. The quantitative estimate of drug-likeness (QED) is 0.868. The highest BCUT2D eigenvalue weighted by molar-refractivity contribution is 5.37. The van der Waals surface area contributed by atoms with Crippen LogP contribution in [0.1, 0.15) is 24.1 Å². The van der Waals surface area contributed by atoms with E-state index in [-0.39, 0.29) is 12.1 Å². The molecule has 1 heterocycles. The van der Waals surface area contributed by atoms with E-state index in [4.69, 9.17) is 4.74 Å². The Bertz CT molecular complexity index is 421. The predicted molar refractivity (Wildman–Crippen MR) is 76.5 cm³/mol. The Balaban J connectivity index is 2.10. The Hall–Kier alpha value is -1.10. The third-order valence-corrected chi connectivity index (χ3v) is 3.78. The molecule has 4 heteroatoms. The molecule has 1 aromatic rings. The second kappa shape index (κ2) is 6.37. The Kier molecular flexibility index (Phi) is 4.80. The van der Waals surface area contributed by atoms with Crippen LogP contribution < -0.4 is 5.32 Å². The number of rotatable bonds is 4. The first kappa shape index (κ1) is 14.3. The maximum Gasteiger partial charge on any atom is 0.120 e. The minimum atomic E-state index is 0.211. The van der Waals surface area contributed by atoms with E-state index in [0.29, 0.717) is 5.75 Å². The van der Waals surface area contributed by atoms with Gasteiger partial charge >= 0.3 is 0 Å². The number of aromatic hydroxyl groups is 1. The summed E-state index contributed by atoms with van der Waals surface area (Å²) in [5.74, 6) is 0.384. The number of morpholine rings is 1. The van der Waals surface area contributed by atoms with Crippen molar-refractivity contribution in [2.24, 2.45) is 0 Å². The lowest BCUT2D eigenvalue weighted by Crippen LogP contribution is -2.46. The van der Waals surface area contributed by atoms with Gasteiger partial charge in [0.05, 0.1) is 12.7 Å². The number of aryl methyl sites for hydroxylation is 1. The smallest absolute Gasteiger partial charge is 0.120 e. The van der Waals surface area contributed by atoms with Gasteiger partial charge in [-0.2, -0.15) is 0 Å². The van der Waals surface area contributed by atoms with Gasteiger partial charge in [0.2, 0.25) is 0 Å². The van der Waals surface area contributed by atoms with Crippen molar-refractivity contribution >= 4 is 0 Å². The van der Waals surface area contributed by atoms with Gasteiger partial charge in [-0.3, -0.25) is 4.90 Å². The van der Waals surface area contributed by atoms with Gasteiger partial charge in [-0.25, -0.2) is 0 Å². The van der Waals surface area contributed by atoms with Crippen molar-refractivity contribution in [3.05, 3.63) is 29.3 Å². The molecule has 19 heavy (non-hydrogen) atoms. The minimum Gasteiger partial charge on any atom is -0.508 e. The number of likely N-dealkylation sites (N-methyl/N-ethyl adjacent to an activating group) is 1. The molecule has 0 aromatic heterocycles. The molecule has 2 N–H and O–H groups in total. The molecule has 0 radical (unpaired) electrons. The Morgan fingerprint density at radius 3 is 3.05 bits per heavy atom. The fourth-order valence-corrected chi connectivity index (χ4v) is 2.65. The fraction of sp³-hybridized carbons (Fsp3) is 0.600. The summed E-state index contributed by atoms with van der Waals surface area (Å²) < 4.78 is 5.72. The summed E-state index contributed by atoms with van der Waals surface area (Å²) in [6.45, 7) is 7.63. The number of nitrogens with one attached hydrogen (secondary N) is 1. The van der Waals surface area contributed by atoms with Crippen molar-refractivity contribution in [2.75, 3.05) is 33.3 Å². The molecule has 0 saturated carbocycles. The molecule has 1 saturated heterocycles. The molecule has 0 amide bonds. The van der Waals surface area contributed by atoms with Crippen LogP contribution in [-0.2, 0) is 4.74 Å². The lowest BCUT2D eigenvalue weighted by atomic mass is 10.0. The van der Waals surface area contributed by atoms with Gasteiger partial charge in [0, 0.05) is 31.2 Å². The molecule has 0 aliphatic carbocycles. The molecule has 106 valence electrons. The highest BCUT2D eigenvalue weighted by Gasteiger charge is 2.25. The second-order valence-electron chi connectivity index (χ2n) is 5.28. The molecule has 2 rings (SSSR count). The monoisotopic (exact) mass is 264 g/mol. The van der Waals surface area contributed by atoms with Gasteiger partial charge in [-0.1, -0.05) is 17.7 Å². The van der Waals surface area contributed by atoms with Crippen LogP contribution in [0.3, 0.4) is 0 Å². The van der Waals surface area contributed by atoms with E-state index in [2.05, 4.69) is 30.1 Å². The van der Waals surface area contributed by atoms with Crippen LogP contribution in [0.5, 0.6) is 5.75 Å². The normalized spacial score (nSPS) is 22.4. The third-order valence-electron chi connectivity index (χ3n) is 3.78. The number of hydrogen-bond donors (Lipinski definition) is 2. The predicted octanol–water partition coefficient (Wildman–Crippen LogP) is 1.68. The summed E-state index contributed by atoms with van der Waals surface area (Å²) in [5, 5.41) is 13.2. The molecule has 4 nitrogen and oxygen atoms in total. The summed E-state index contributed by atoms with van der Waals surface area (Å²) in [7, 11) is 1.94. The lowest BCUT2D eigenvalue weighted by Gasteiger charge is -2.37. The highest BCUT2D eigenvalue weighted by Crippen LogP contribution is 2.30. The third kappa shape index (κ3) is 3.47. The lowest BCUT2D eigenvalue weighted by molar-refractivity contribution is -0.0395. The Morgan fingerprint density at radius 2 is 2.32 bits per heavy atom. The minimum absolute atomic E-state index is 0.211. The van der Waals surface area contributed by atoms with Gasteiger partial charge in [0.1, 0.15) is 5.75 Å². The molecule has 1 aliphatic rings. The van der Waals surface area contributed by atoms with Crippen molar-refractivity contribution < 1.29 is 9.84 Å². The largest absolute Gasteiger partial charge is 0.508 e. The number of phenols is 1. The van der Waals surface area contributed by atoms with Crippen LogP contribution in [0.2, 0.25) is 0 Å². The van der Waals surface area contributed by atoms with Crippen molar-refractivity contribution in [3.63, 3.8) is 0 Å². The molecule has 0 bridgehead atoms. The van der Waals surface area contributed by atoms with Crippen molar-refractivity contribution in [2.45, 2.75) is 26.0 Å². The Labute approximate surface area is 115 Å². The van der Waals surface area contributed by atoms with E-state index < -0.39 is 0 Å². The molecule has 1 fully saturated rings. The number of phenolic OH excluding ortho intramolecular Hbond substituents is 1. The van der Waals surface area contributed by atoms with Gasteiger partial charge in [0.25, 0.3) is 0 Å². The molecule has 2 atom stereocenters. The first-order valence-corrected chi connectivity index (χ1v) is 6.91. The van der Waals surface area contributed by atoms with Crippen LogP contribution in [0.15, 0.2) is 18.2 Å². The van der Waals surface area contributed by atoms with Crippen LogP contribution in [0.4, 0.5) is 0 Å². The zero-order valence-electron chi connectivity index (χ0n) is 12.0. The van der Waals surface area contributed by atoms with E-state index in [1.165, 1.54) is 5.56 Å². The number of hydrogen-bond acceptors (Lipinski definition) is 4. The van der Waals surface area contributed by atoms with Crippen molar-refractivity contribution in [1.29, 1.82) is 0 Å². The average Bonchev–Trinajstić information content (AvgIpc) is 2.41. The first-order chi connectivity index (χ1) is 9.11. The van der Waals surface area contributed by atoms with E-state index in [9.17, 15) is 5.11 Å². The van der Waals surface area contributed by atoms with Crippen LogP contribution in [-0.4, -0.2) is 49.4 Å². The van der Waals surface area contributed by atoms with Crippen molar-refractivity contribution in [3.8, 4) is 5.75 Å². The molecule has 1 aliphatic heterocycles.